The number of ether oxygens (including phenoxy) is 1. The molecule has 0 saturated heterocycles. The lowest BCUT2D eigenvalue weighted by atomic mass is 10.3. The summed E-state index contributed by atoms with van der Waals surface area (Å²) in [4.78, 5) is 10.0. The lowest BCUT2D eigenvalue weighted by Crippen LogP contribution is -1.89. The Bertz CT molecular complexity index is 313. The van der Waals surface area contributed by atoms with Crippen LogP contribution in [0.25, 0.3) is 0 Å². The van der Waals surface area contributed by atoms with Crippen LogP contribution in [-0.4, -0.2) is 16.2 Å². The fraction of sp³-hybridized carbons (Fsp3) is 0. The van der Waals surface area contributed by atoms with Crippen LogP contribution in [0.2, 0.25) is 0 Å². The van der Waals surface area contributed by atoms with Gasteiger partial charge in [-0.25, -0.2) is 4.79 Å². The van der Waals surface area contributed by atoms with Crippen molar-refractivity contribution < 1.29 is 19.7 Å². The summed E-state index contributed by atoms with van der Waals surface area (Å²) in [6.07, 6.45) is 1.95. The first kappa shape index (κ1) is 9.12. The zero-order valence-electron chi connectivity index (χ0n) is 6.68. The maximum atomic E-state index is 10.0. The molecule has 0 aliphatic rings. The predicted octanol–water partition coefficient (Wildman–Crippen LogP) is 1.37. The van der Waals surface area contributed by atoms with E-state index in [0.717, 1.165) is 12.3 Å². The standard InChI is InChI=1S/C9H8O4/c10-7-1-3-8(4-2-7)13-6-5-9(11)12/h1-6,10H,(H,11,12). The molecule has 0 bridgehead atoms. The number of carboxylic acid groups (broad SMARTS) is 1. The second kappa shape index (κ2) is 4.15. The van der Waals surface area contributed by atoms with Gasteiger partial charge in [-0.3, -0.25) is 0 Å². The molecule has 13 heavy (non-hydrogen) atoms. The van der Waals surface area contributed by atoms with Crippen molar-refractivity contribution in [2.45, 2.75) is 0 Å². The van der Waals surface area contributed by atoms with Gasteiger partial charge in [-0.05, 0) is 24.3 Å². The van der Waals surface area contributed by atoms with Gasteiger partial charge in [0.1, 0.15) is 11.5 Å². The van der Waals surface area contributed by atoms with Crippen molar-refractivity contribution in [3.63, 3.8) is 0 Å². The Balaban J connectivity index is 2.55. The number of carboxylic acids is 1. The molecule has 0 atom stereocenters. The number of phenols is 1. The molecule has 0 spiro atoms. The van der Waals surface area contributed by atoms with E-state index in [-0.39, 0.29) is 5.75 Å². The number of rotatable bonds is 3. The molecular formula is C9H8O4. The number of carbonyl (C=O) groups is 1. The maximum absolute atomic E-state index is 10.0. The minimum atomic E-state index is -1.07. The average molecular weight is 180 g/mol. The summed E-state index contributed by atoms with van der Waals surface area (Å²) >= 11 is 0. The lowest BCUT2D eigenvalue weighted by molar-refractivity contribution is -0.131. The number of aliphatic carboxylic acids is 1. The molecule has 0 amide bonds. The van der Waals surface area contributed by atoms with E-state index in [4.69, 9.17) is 14.9 Å². The van der Waals surface area contributed by atoms with Crippen molar-refractivity contribution in [1.29, 1.82) is 0 Å². The molecule has 1 rings (SSSR count). The van der Waals surface area contributed by atoms with Gasteiger partial charge in [0.2, 0.25) is 0 Å². The number of phenolic OH excluding ortho intramolecular Hbond substituents is 1. The highest BCUT2D eigenvalue weighted by Gasteiger charge is 1.91. The van der Waals surface area contributed by atoms with Crippen LogP contribution in [0.1, 0.15) is 0 Å². The molecular weight excluding hydrogens is 172 g/mol. The quantitative estimate of drug-likeness (QED) is 0.544. The first-order valence-electron chi connectivity index (χ1n) is 3.53. The molecule has 0 aliphatic heterocycles. The monoisotopic (exact) mass is 180 g/mol. The Morgan fingerprint density at radius 2 is 1.92 bits per heavy atom. The van der Waals surface area contributed by atoms with Crippen molar-refractivity contribution >= 4 is 5.97 Å². The molecule has 0 fully saturated rings. The van der Waals surface area contributed by atoms with Gasteiger partial charge in [-0.2, -0.15) is 0 Å². The predicted molar refractivity (Wildman–Crippen MR) is 45.5 cm³/mol. The van der Waals surface area contributed by atoms with E-state index in [2.05, 4.69) is 0 Å². The summed E-state index contributed by atoms with van der Waals surface area (Å²) in [5, 5.41) is 17.1. The van der Waals surface area contributed by atoms with Crippen LogP contribution in [0.5, 0.6) is 11.5 Å². The molecule has 4 heteroatoms. The lowest BCUT2D eigenvalue weighted by Gasteiger charge is -1.98. The van der Waals surface area contributed by atoms with Crippen molar-refractivity contribution in [2.75, 3.05) is 0 Å². The third-order valence-electron chi connectivity index (χ3n) is 1.25. The normalized spacial score (nSPS) is 10.2. The topological polar surface area (TPSA) is 66.8 Å². The van der Waals surface area contributed by atoms with E-state index in [0.29, 0.717) is 5.75 Å². The second-order valence-corrected chi connectivity index (χ2v) is 2.25. The number of hydrogen-bond acceptors (Lipinski definition) is 3. The molecule has 0 radical (unpaired) electrons. The molecule has 0 heterocycles. The van der Waals surface area contributed by atoms with Crippen molar-refractivity contribution in [1.82, 2.24) is 0 Å². The van der Waals surface area contributed by atoms with E-state index in [1.54, 1.807) is 0 Å². The fourth-order valence-electron chi connectivity index (χ4n) is 0.696. The van der Waals surface area contributed by atoms with E-state index in [1.165, 1.54) is 24.3 Å². The molecule has 0 unspecified atom stereocenters. The zero-order chi connectivity index (χ0) is 9.68. The average Bonchev–Trinajstić information content (AvgIpc) is 2.08. The van der Waals surface area contributed by atoms with Crippen molar-refractivity contribution in [3.05, 3.63) is 36.6 Å². The highest BCUT2D eigenvalue weighted by Crippen LogP contribution is 2.15. The molecule has 1 aromatic rings. The van der Waals surface area contributed by atoms with Gasteiger partial charge >= 0.3 is 5.97 Å². The third-order valence-corrected chi connectivity index (χ3v) is 1.25. The van der Waals surface area contributed by atoms with Gasteiger partial charge in [0.05, 0.1) is 12.3 Å². The Morgan fingerprint density at radius 3 is 2.46 bits per heavy atom. The van der Waals surface area contributed by atoms with Crippen LogP contribution in [-0.2, 0) is 4.79 Å². The first-order chi connectivity index (χ1) is 6.18. The summed E-state index contributed by atoms with van der Waals surface area (Å²) in [5.41, 5.74) is 0. The van der Waals surface area contributed by atoms with E-state index in [1.807, 2.05) is 0 Å². The highest BCUT2D eigenvalue weighted by atomic mass is 16.5. The summed E-state index contributed by atoms with van der Waals surface area (Å²) < 4.78 is 4.90. The van der Waals surface area contributed by atoms with Crippen LogP contribution < -0.4 is 4.74 Å². The first-order valence-corrected chi connectivity index (χ1v) is 3.53. The summed E-state index contributed by atoms with van der Waals surface area (Å²) in [6, 6.07) is 5.96. The van der Waals surface area contributed by atoms with E-state index < -0.39 is 5.97 Å². The molecule has 1 aromatic carbocycles. The Labute approximate surface area is 74.7 Å². The summed E-state index contributed by atoms with van der Waals surface area (Å²) in [5.74, 6) is -0.469. The van der Waals surface area contributed by atoms with Crippen LogP contribution in [0.15, 0.2) is 36.6 Å². The van der Waals surface area contributed by atoms with Gasteiger partial charge in [0.25, 0.3) is 0 Å². The molecule has 4 nitrogen and oxygen atoms in total. The Morgan fingerprint density at radius 1 is 1.31 bits per heavy atom. The molecule has 0 aliphatic carbocycles. The van der Waals surface area contributed by atoms with E-state index >= 15 is 0 Å². The molecule has 0 saturated carbocycles. The van der Waals surface area contributed by atoms with Crippen LogP contribution in [0.4, 0.5) is 0 Å². The maximum Gasteiger partial charge on any atom is 0.331 e. The highest BCUT2D eigenvalue weighted by molar-refractivity contribution is 5.79. The van der Waals surface area contributed by atoms with Gasteiger partial charge in [0.15, 0.2) is 0 Å². The SMILES string of the molecule is O=C(O)C=COc1ccc(O)cc1. The molecule has 68 valence electrons. The summed E-state index contributed by atoms with van der Waals surface area (Å²) in [6.45, 7) is 0. The molecule has 2 N–H and O–H groups in total. The van der Waals surface area contributed by atoms with Crippen LogP contribution in [0, 0.1) is 0 Å². The largest absolute Gasteiger partial charge is 0.508 e. The van der Waals surface area contributed by atoms with Crippen molar-refractivity contribution in [3.8, 4) is 11.5 Å². The van der Waals surface area contributed by atoms with Gasteiger partial charge in [-0.1, -0.05) is 0 Å². The van der Waals surface area contributed by atoms with Gasteiger partial charge < -0.3 is 14.9 Å². The Kier molecular flexibility index (Phi) is 2.92. The van der Waals surface area contributed by atoms with Crippen LogP contribution in [0.3, 0.4) is 0 Å². The molecule has 0 aromatic heterocycles. The number of hydrogen-bond donors (Lipinski definition) is 2. The fourth-order valence-corrected chi connectivity index (χ4v) is 0.696. The number of aromatic hydroxyl groups is 1. The van der Waals surface area contributed by atoms with Gasteiger partial charge in [0, 0.05) is 0 Å². The Hall–Kier alpha value is -1.97. The van der Waals surface area contributed by atoms with E-state index in [9.17, 15) is 4.79 Å². The number of benzene rings is 1. The minimum Gasteiger partial charge on any atom is -0.508 e. The summed E-state index contributed by atoms with van der Waals surface area (Å²) in [7, 11) is 0. The van der Waals surface area contributed by atoms with Crippen LogP contribution >= 0.6 is 0 Å². The minimum absolute atomic E-state index is 0.134. The smallest absolute Gasteiger partial charge is 0.331 e. The zero-order valence-corrected chi connectivity index (χ0v) is 6.68. The van der Waals surface area contributed by atoms with Crippen molar-refractivity contribution in [2.24, 2.45) is 0 Å². The third kappa shape index (κ3) is 3.29. The second-order valence-electron chi connectivity index (χ2n) is 2.25. The van der Waals surface area contributed by atoms with Gasteiger partial charge in [-0.15, -0.1) is 0 Å².